The summed E-state index contributed by atoms with van der Waals surface area (Å²) in [7, 11) is 0. The highest BCUT2D eigenvalue weighted by Gasteiger charge is 2.24. The van der Waals surface area contributed by atoms with Crippen LogP contribution >= 0.6 is 0 Å². The highest BCUT2D eigenvalue weighted by molar-refractivity contribution is 6.35. The minimum Gasteiger partial charge on any atom is -0.354 e. The van der Waals surface area contributed by atoms with Crippen molar-refractivity contribution in [2.75, 3.05) is 5.32 Å². The van der Waals surface area contributed by atoms with Crippen LogP contribution in [-0.2, 0) is 4.79 Å². The standard InChI is InChI=1S/C27H18N2O/c30-27-23(21-10-4-6-12-25(21)29-27)16-22-20-9-3-5-11-24(20)28-26(22)19-14-13-17-7-1-2-8-18(17)15-19/h1-16,28H,(H,29,30)/b23-16-. The summed E-state index contributed by atoms with van der Waals surface area (Å²) in [5.74, 6) is -0.0639. The fourth-order valence-corrected chi connectivity index (χ4v) is 4.31. The molecule has 3 heteroatoms. The van der Waals surface area contributed by atoms with Gasteiger partial charge in [0.1, 0.15) is 0 Å². The fraction of sp³-hybridized carbons (Fsp3) is 0. The maximum Gasteiger partial charge on any atom is 0.256 e. The molecule has 1 aromatic heterocycles. The van der Waals surface area contributed by atoms with Crippen molar-refractivity contribution in [3.05, 3.63) is 102 Å². The van der Waals surface area contributed by atoms with E-state index in [-0.39, 0.29) is 5.91 Å². The third kappa shape index (κ3) is 2.56. The lowest BCUT2D eigenvalue weighted by Gasteiger charge is -2.05. The van der Waals surface area contributed by atoms with Crippen LogP contribution in [-0.4, -0.2) is 10.9 Å². The van der Waals surface area contributed by atoms with Crippen LogP contribution in [0.2, 0.25) is 0 Å². The minimum absolute atomic E-state index is 0.0639. The molecule has 6 rings (SSSR count). The van der Waals surface area contributed by atoms with Gasteiger partial charge in [-0.25, -0.2) is 0 Å². The summed E-state index contributed by atoms with van der Waals surface area (Å²) in [5, 5.41) is 6.48. The summed E-state index contributed by atoms with van der Waals surface area (Å²) in [5.41, 5.74) is 6.70. The quantitative estimate of drug-likeness (QED) is 0.335. The number of para-hydroxylation sites is 2. The third-order valence-electron chi connectivity index (χ3n) is 5.78. The smallest absolute Gasteiger partial charge is 0.256 e. The van der Waals surface area contributed by atoms with E-state index in [0.717, 1.165) is 39.0 Å². The van der Waals surface area contributed by atoms with E-state index in [9.17, 15) is 4.79 Å². The number of carbonyl (C=O) groups excluding carboxylic acids is 1. The number of benzene rings is 4. The van der Waals surface area contributed by atoms with Gasteiger partial charge in [0.05, 0.1) is 5.69 Å². The van der Waals surface area contributed by atoms with Crippen LogP contribution in [0.4, 0.5) is 5.69 Å². The summed E-state index contributed by atoms with van der Waals surface area (Å²) >= 11 is 0. The topological polar surface area (TPSA) is 44.9 Å². The number of aromatic nitrogens is 1. The molecule has 0 spiro atoms. The largest absolute Gasteiger partial charge is 0.354 e. The Morgan fingerprint density at radius 1 is 0.733 bits per heavy atom. The van der Waals surface area contributed by atoms with Gasteiger partial charge in [-0.3, -0.25) is 4.79 Å². The second-order valence-corrected chi connectivity index (χ2v) is 7.58. The molecule has 2 N–H and O–H groups in total. The van der Waals surface area contributed by atoms with Gasteiger partial charge >= 0.3 is 0 Å². The van der Waals surface area contributed by atoms with Crippen molar-refractivity contribution < 1.29 is 4.79 Å². The van der Waals surface area contributed by atoms with E-state index in [2.05, 4.69) is 64.9 Å². The van der Waals surface area contributed by atoms with Gasteiger partial charge in [0.15, 0.2) is 0 Å². The van der Waals surface area contributed by atoms with Crippen LogP contribution in [0, 0.1) is 0 Å². The third-order valence-corrected chi connectivity index (χ3v) is 5.78. The molecule has 1 aliphatic rings. The van der Waals surface area contributed by atoms with Crippen LogP contribution in [0.25, 0.3) is 44.6 Å². The molecule has 0 aliphatic carbocycles. The predicted octanol–water partition coefficient (Wildman–Crippen LogP) is 6.48. The zero-order valence-corrected chi connectivity index (χ0v) is 16.1. The van der Waals surface area contributed by atoms with Gasteiger partial charge in [0.25, 0.3) is 5.91 Å². The second kappa shape index (κ2) is 6.46. The van der Waals surface area contributed by atoms with Crippen molar-refractivity contribution in [2.45, 2.75) is 0 Å². The molecule has 0 radical (unpaired) electrons. The van der Waals surface area contributed by atoms with Gasteiger partial charge in [0.2, 0.25) is 0 Å². The first-order valence-corrected chi connectivity index (χ1v) is 10.0. The number of amides is 1. The summed E-state index contributed by atoms with van der Waals surface area (Å²) in [6.07, 6.45) is 2.02. The number of fused-ring (bicyclic) bond motifs is 3. The van der Waals surface area contributed by atoms with Crippen molar-refractivity contribution in [3.63, 3.8) is 0 Å². The van der Waals surface area contributed by atoms with E-state index in [1.54, 1.807) is 0 Å². The lowest BCUT2D eigenvalue weighted by atomic mass is 9.98. The summed E-state index contributed by atoms with van der Waals surface area (Å²) in [4.78, 5) is 16.3. The van der Waals surface area contributed by atoms with E-state index in [0.29, 0.717) is 5.57 Å². The molecule has 0 atom stereocenters. The van der Waals surface area contributed by atoms with Crippen LogP contribution < -0.4 is 5.32 Å². The number of rotatable bonds is 2. The molecule has 1 amide bonds. The number of aromatic amines is 1. The molecule has 0 unspecified atom stereocenters. The van der Waals surface area contributed by atoms with Crippen molar-refractivity contribution in [1.29, 1.82) is 0 Å². The first-order valence-electron chi connectivity index (χ1n) is 10.0. The van der Waals surface area contributed by atoms with Crippen LogP contribution in [0.15, 0.2) is 91.0 Å². The summed E-state index contributed by atoms with van der Waals surface area (Å²) in [6, 6.07) is 30.9. The predicted molar refractivity (Wildman–Crippen MR) is 124 cm³/mol. The Kier molecular flexibility index (Phi) is 3.62. The molecule has 0 bridgehead atoms. The van der Waals surface area contributed by atoms with Gasteiger partial charge in [-0.15, -0.1) is 0 Å². The number of nitrogens with one attached hydrogen (secondary N) is 2. The molecule has 0 fully saturated rings. The molecular formula is C27H18N2O. The lowest BCUT2D eigenvalue weighted by molar-refractivity contribution is -0.110. The first kappa shape index (κ1) is 16.8. The Morgan fingerprint density at radius 2 is 1.50 bits per heavy atom. The molecule has 0 saturated carbocycles. The maximum absolute atomic E-state index is 12.7. The molecule has 0 saturated heterocycles. The van der Waals surface area contributed by atoms with Gasteiger partial charge in [-0.1, -0.05) is 72.8 Å². The monoisotopic (exact) mass is 386 g/mol. The van der Waals surface area contributed by atoms with E-state index < -0.39 is 0 Å². The molecular weight excluding hydrogens is 368 g/mol. The van der Waals surface area contributed by atoms with E-state index in [1.165, 1.54) is 10.8 Å². The van der Waals surface area contributed by atoms with E-state index in [4.69, 9.17) is 0 Å². The van der Waals surface area contributed by atoms with Crippen molar-refractivity contribution in [1.82, 2.24) is 4.98 Å². The zero-order chi connectivity index (χ0) is 20.1. The first-order chi connectivity index (χ1) is 14.8. The van der Waals surface area contributed by atoms with Crippen molar-refractivity contribution in [2.24, 2.45) is 0 Å². The minimum atomic E-state index is -0.0639. The average molecular weight is 386 g/mol. The SMILES string of the molecule is O=C1Nc2ccccc2/C1=C/c1c(-c2ccc3ccccc3c2)[nH]c2ccccc12. The summed E-state index contributed by atoms with van der Waals surface area (Å²) in [6.45, 7) is 0. The van der Waals surface area contributed by atoms with E-state index in [1.807, 2.05) is 42.5 Å². The highest BCUT2D eigenvalue weighted by Crippen LogP contribution is 2.38. The molecule has 3 nitrogen and oxygen atoms in total. The average Bonchev–Trinajstić information content (AvgIpc) is 3.31. The molecule has 30 heavy (non-hydrogen) atoms. The Labute approximate surface area is 173 Å². The van der Waals surface area contributed by atoms with E-state index >= 15 is 0 Å². The number of hydrogen-bond donors (Lipinski definition) is 2. The van der Waals surface area contributed by atoms with Gasteiger partial charge in [-0.2, -0.15) is 0 Å². The van der Waals surface area contributed by atoms with Gasteiger partial charge in [0, 0.05) is 33.3 Å². The molecule has 1 aliphatic heterocycles. The van der Waals surface area contributed by atoms with Crippen LogP contribution in [0.5, 0.6) is 0 Å². The Morgan fingerprint density at radius 3 is 2.43 bits per heavy atom. The Hall–Kier alpha value is -4.11. The van der Waals surface area contributed by atoms with Crippen molar-refractivity contribution in [3.8, 4) is 11.3 Å². The Bertz CT molecular complexity index is 1490. The number of hydrogen-bond acceptors (Lipinski definition) is 1. The molecule has 4 aromatic carbocycles. The number of carbonyl (C=O) groups is 1. The van der Waals surface area contributed by atoms with Gasteiger partial charge < -0.3 is 10.3 Å². The second-order valence-electron chi connectivity index (χ2n) is 7.58. The van der Waals surface area contributed by atoms with Crippen molar-refractivity contribution >= 4 is 44.9 Å². The summed E-state index contributed by atoms with van der Waals surface area (Å²) < 4.78 is 0. The zero-order valence-electron chi connectivity index (χ0n) is 16.1. The lowest BCUT2D eigenvalue weighted by Crippen LogP contribution is -2.03. The normalized spacial score (nSPS) is 14.4. The molecule has 2 heterocycles. The number of H-pyrrole nitrogens is 1. The molecule has 5 aromatic rings. The van der Waals surface area contributed by atoms with Crippen LogP contribution in [0.1, 0.15) is 11.1 Å². The Balaban J connectivity index is 1.61. The fourth-order valence-electron chi connectivity index (χ4n) is 4.31. The van der Waals surface area contributed by atoms with Crippen LogP contribution in [0.3, 0.4) is 0 Å². The highest BCUT2D eigenvalue weighted by atomic mass is 16.2. The van der Waals surface area contributed by atoms with Gasteiger partial charge in [-0.05, 0) is 40.6 Å². The number of anilines is 1. The maximum atomic E-state index is 12.7. The molecule has 142 valence electrons.